The Morgan fingerprint density at radius 3 is 2.68 bits per heavy atom. The van der Waals surface area contributed by atoms with Crippen molar-refractivity contribution in [2.24, 2.45) is 5.10 Å². The smallest absolute Gasteiger partial charge is 0.217 e. The van der Waals surface area contributed by atoms with Gasteiger partial charge in [0.15, 0.2) is 11.5 Å². The first-order valence-corrected chi connectivity index (χ1v) is 10.3. The predicted molar refractivity (Wildman–Crippen MR) is 115 cm³/mol. The molecule has 160 valence electrons. The number of fused-ring (bicyclic) bond motifs is 3. The highest BCUT2D eigenvalue weighted by atomic mass is 16.5. The molecule has 7 heteroatoms. The van der Waals surface area contributed by atoms with E-state index < -0.39 is 6.23 Å². The van der Waals surface area contributed by atoms with Gasteiger partial charge >= 0.3 is 0 Å². The Balaban J connectivity index is 1.66. The Kier molecular flexibility index (Phi) is 4.94. The lowest BCUT2D eigenvalue weighted by Crippen LogP contribution is -2.34. The summed E-state index contributed by atoms with van der Waals surface area (Å²) in [5.41, 5.74) is 2.74. The molecule has 5 rings (SSSR count). The third kappa shape index (κ3) is 3.26. The highest BCUT2D eigenvalue weighted by Gasteiger charge is 2.43. The SMILES string of the molecule is CCOc1cccc2c1OC(c1cc(OC)ccc1OC)N1N=C(c3ccco3)CC21. The lowest BCUT2D eigenvalue weighted by molar-refractivity contribution is -0.0226. The summed E-state index contributed by atoms with van der Waals surface area (Å²) in [6.07, 6.45) is 1.84. The minimum Gasteiger partial charge on any atom is -0.497 e. The van der Waals surface area contributed by atoms with Gasteiger partial charge in [-0.1, -0.05) is 12.1 Å². The normalized spacial score (nSPS) is 19.2. The van der Waals surface area contributed by atoms with E-state index in [9.17, 15) is 0 Å². The van der Waals surface area contributed by atoms with E-state index in [0.717, 1.165) is 34.1 Å². The van der Waals surface area contributed by atoms with Gasteiger partial charge in [-0.15, -0.1) is 0 Å². The largest absolute Gasteiger partial charge is 0.497 e. The zero-order chi connectivity index (χ0) is 21.4. The van der Waals surface area contributed by atoms with Crippen LogP contribution in [0.3, 0.4) is 0 Å². The van der Waals surface area contributed by atoms with E-state index >= 15 is 0 Å². The molecule has 2 aliphatic heterocycles. The molecule has 7 nitrogen and oxygen atoms in total. The summed E-state index contributed by atoms with van der Waals surface area (Å²) in [6.45, 7) is 2.51. The Hall–Kier alpha value is -3.61. The van der Waals surface area contributed by atoms with E-state index in [4.69, 9.17) is 28.5 Å². The van der Waals surface area contributed by atoms with Gasteiger partial charge in [0.2, 0.25) is 6.23 Å². The number of benzene rings is 2. The number of rotatable bonds is 6. The van der Waals surface area contributed by atoms with Gasteiger partial charge in [0.05, 0.1) is 38.7 Å². The molecule has 0 aliphatic carbocycles. The third-order valence-corrected chi connectivity index (χ3v) is 5.59. The van der Waals surface area contributed by atoms with Gasteiger partial charge in [-0.3, -0.25) is 0 Å². The molecule has 0 spiro atoms. The maximum absolute atomic E-state index is 6.55. The molecule has 2 aliphatic rings. The summed E-state index contributed by atoms with van der Waals surface area (Å²) in [5, 5.41) is 6.89. The van der Waals surface area contributed by atoms with Crippen molar-refractivity contribution in [1.29, 1.82) is 0 Å². The van der Waals surface area contributed by atoms with E-state index in [1.54, 1.807) is 20.5 Å². The van der Waals surface area contributed by atoms with E-state index in [-0.39, 0.29) is 6.04 Å². The zero-order valence-corrected chi connectivity index (χ0v) is 17.7. The predicted octanol–water partition coefficient (Wildman–Crippen LogP) is 4.94. The van der Waals surface area contributed by atoms with E-state index in [2.05, 4.69) is 6.07 Å². The molecular formula is C24H24N2O5. The first kappa shape index (κ1) is 19.4. The average molecular weight is 420 g/mol. The van der Waals surface area contributed by atoms with Crippen LogP contribution < -0.4 is 18.9 Å². The molecule has 0 fully saturated rings. The molecule has 0 saturated heterocycles. The number of nitrogens with zero attached hydrogens (tertiary/aromatic N) is 2. The Labute approximate surface area is 180 Å². The summed E-state index contributed by atoms with van der Waals surface area (Å²) in [6, 6.07) is 15.4. The number of hydrogen-bond donors (Lipinski definition) is 0. The molecule has 2 unspecified atom stereocenters. The molecule has 3 aromatic rings. The fourth-order valence-corrected chi connectivity index (χ4v) is 4.18. The van der Waals surface area contributed by atoms with Crippen LogP contribution in [0.4, 0.5) is 0 Å². The van der Waals surface area contributed by atoms with Crippen LogP contribution in [0.2, 0.25) is 0 Å². The first-order valence-electron chi connectivity index (χ1n) is 10.3. The molecule has 2 aromatic carbocycles. The van der Waals surface area contributed by atoms with Crippen molar-refractivity contribution in [2.45, 2.75) is 25.6 Å². The summed E-state index contributed by atoms with van der Waals surface area (Å²) in [7, 11) is 3.29. The number of hydrazone groups is 1. The molecule has 0 bridgehead atoms. The minimum absolute atomic E-state index is 0.0230. The van der Waals surface area contributed by atoms with Gasteiger partial charge in [-0.25, -0.2) is 5.01 Å². The fraction of sp³-hybridized carbons (Fsp3) is 0.292. The van der Waals surface area contributed by atoms with Gasteiger partial charge in [0.1, 0.15) is 23.0 Å². The van der Waals surface area contributed by atoms with E-state index in [1.807, 2.05) is 54.4 Å². The van der Waals surface area contributed by atoms with Gasteiger partial charge < -0.3 is 23.4 Å². The summed E-state index contributed by atoms with van der Waals surface area (Å²) in [4.78, 5) is 0. The second-order valence-corrected chi connectivity index (χ2v) is 7.31. The topological polar surface area (TPSA) is 65.7 Å². The van der Waals surface area contributed by atoms with Crippen LogP contribution in [-0.2, 0) is 0 Å². The number of methoxy groups -OCH3 is 2. The lowest BCUT2D eigenvalue weighted by Gasteiger charge is -2.39. The monoisotopic (exact) mass is 420 g/mol. The molecule has 0 saturated carbocycles. The van der Waals surface area contributed by atoms with Crippen molar-refractivity contribution in [3.8, 4) is 23.0 Å². The average Bonchev–Trinajstić information content (AvgIpc) is 3.49. The second-order valence-electron chi connectivity index (χ2n) is 7.31. The van der Waals surface area contributed by atoms with Gasteiger partial charge in [-0.05, 0) is 43.3 Å². The molecule has 0 radical (unpaired) electrons. The summed E-state index contributed by atoms with van der Waals surface area (Å²) < 4.78 is 29.2. The number of furan rings is 1. The van der Waals surface area contributed by atoms with Crippen molar-refractivity contribution < 1.29 is 23.4 Å². The molecule has 3 heterocycles. The van der Waals surface area contributed by atoms with Crippen LogP contribution in [0.15, 0.2) is 64.3 Å². The third-order valence-electron chi connectivity index (χ3n) is 5.59. The van der Waals surface area contributed by atoms with Gasteiger partial charge in [0, 0.05) is 12.0 Å². The van der Waals surface area contributed by atoms with E-state index in [1.165, 1.54) is 0 Å². The van der Waals surface area contributed by atoms with Crippen LogP contribution >= 0.6 is 0 Å². The fourth-order valence-electron chi connectivity index (χ4n) is 4.18. The van der Waals surface area contributed by atoms with Crippen molar-refractivity contribution in [2.75, 3.05) is 20.8 Å². The Morgan fingerprint density at radius 2 is 1.94 bits per heavy atom. The number of ether oxygens (including phenoxy) is 4. The minimum atomic E-state index is -0.517. The molecule has 2 atom stereocenters. The molecule has 1 aromatic heterocycles. The van der Waals surface area contributed by atoms with Gasteiger partial charge in [0.25, 0.3) is 0 Å². The van der Waals surface area contributed by atoms with Crippen molar-refractivity contribution in [3.63, 3.8) is 0 Å². The summed E-state index contributed by atoms with van der Waals surface area (Å²) in [5.74, 6) is 3.63. The summed E-state index contributed by atoms with van der Waals surface area (Å²) >= 11 is 0. The molecule has 0 N–H and O–H groups in total. The highest BCUT2D eigenvalue weighted by Crippen LogP contribution is 2.52. The second kappa shape index (κ2) is 7.91. The van der Waals surface area contributed by atoms with Crippen LogP contribution in [0.1, 0.15) is 42.5 Å². The quantitative estimate of drug-likeness (QED) is 0.563. The van der Waals surface area contributed by atoms with Crippen LogP contribution in [0, 0.1) is 0 Å². The van der Waals surface area contributed by atoms with Crippen LogP contribution in [0.5, 0.6) is 23.0 Å². The van der Waals surface area contributed by atoms with Crippen molar-refractivity contribution in [1.82, 2.24) is 5.01 Å². The van der Waals surface area contributed by atoms with Crippen molar-refractivity contribution in [3.05, 3.63) is 71.7 Å². The van der Waals surface area contributed by atoms with Gasteiger partial charge in [-0.2, -0.15) is 5.10 Å². The Morgan fingerprint density at radius 1 is 1.03 bits per heavy atom. The zero-order valence-electron chi connectivity index (χ0n) is 17.7. The maximum Gasteiger partial charge on any atom is 0.217 e. The van der Waals surface area contributed by atoms with Crippen molar-refractivity contribution >= 4 is 5.71 Å². The molecule has 31 heavy (non-hydrogen) atoms. The Bertz CT molecular complexity index is 1110. The number of hydrogen-bond acceptors (Lipinski definition) is 7. The van der Waals surface area contributed by atoms with Crippen LogP contribution in [-0.4, -0.2) is 31.5 Å². The number of para-hydroxylation sites is 1. The standard InChI is InChI=1S/C24H24N2O5/c1-4-29-22-8-5-7-16-19-14-18(21-9-6-12-30-21)25-26(19)24(31-23(16)22)17-13-15(27-2)10-11-20(17)28-3/h5-13,19,24H,4,14H2,1-3H3. The van der Waals surface area contributed by atoms with Crippen LogP contribution in [0.25, 0.3) is 0 Å². The first-order chi connectivity index (χ1) is 15.2. The van der Waals surface area contributed by atoms with E-state index in [0.29, 0.717) is 24.5 Å². The molecule has 0 amide bonds. The lowest BCUT2D eigenvalue weighted by atomic mass is 9.97. The molecular weight excluding hydrogens is 396 g/mol. The highest BCUT2D eigenvalue weighted by molar-refractivity contribution is 5.99. The maximum atomic E-state index is 6.55.